The van der Waals surface area contributed by atoms with E-state index in [1.54, 1.807) is 6.08 Å². The molecular formula is C11H18O2. The maximum Gasteiger partial charge on any atom is 0.338 e. The second-order valence-electron chi connectivity index (χ2n) is 2.79. The molecule has 2 nitrogen and oxygen atoms in total. The Morgan fingerprint density at radius 1 is 1.38 bits per heavy atom. The van der Waals surface area contributed by atoms with Gasteiger partial charge in [-0.1, -0.05) is 25.5 Å². The van der Waals surface area contributed by atoms with Crippen LogP contribution in [0.1, 0.15) is 40.0 Å². The number of ether oxygens (including phenoxy) is 1. The summed E-state index contributed by atoms with van der Waals surface area (Å²) in [6.45, 7) is 5.78. The van der Waals surface area contributed by atoms with Gasteiger partial charge >= 0.3 is 5.97 Å². The summed E-state index contributed by atoms with van der Waals surface area (Å²) in [7, 11) is 0. The van der Waals surface area contributed by atoms with Gasteiger partial charge in [0.15, 0.2) is 0 Å². The Balaban J connectivity index is 4.01. The standard InChI is InChI=1S/C11H18O2/c1-4-7-8-10(6-3)11(12)13-9-5-2/h5-6,9H,4,7-8H2,1-3H3. The first-order chi connectivity index (χ1) is 6.26. The zero-order valence-corrected chi connectivity index (χ0v) is 8.67. The van der Waals surface area contributed by atoms with Crippen molar-refractivity contribution in [1.82, 2.24) is 0 Å². The van der Waals surface area contributed by atoms with Gasteiger partial charge in [0, 0.05) is 5.57 Å². The van der Waals surface area contributed by atoms with E-state index in [1.807, 2.05) is 19.9 Å². The lowest BCUT2D eigenvalue weighted by atomic mass is 10.1. The third-order valence-electron chi connectivity index (χ3n) is 1.72. The smallest absolute Gasteiger partial charge is 0.338 e. The molecule has 0 radical (unpaired) electrons. The largest absolute Gasteiger partial charge is 0.431 e. The van der Waals surface area contributed by atoms with Gasteiger partial charge in [0.1, 0.15) is 0 Å². The number of hydrogen-bond donors (Lipinski definition) is 0. The molecule has 0 N–H and O–H groups in total. The Morgan fingerprint density at radius 2 is 2.08 bits per heavy atom. The molecule has 0 fully saturated rings. The minimum Gasteiger partial charge on any atom is -0.431 e. The van der Waals surface area contributed by atoms with Crippen molar-refractivity contribution in [2.45, 2.75) is 40.0 Å². The molecule has 13 heavy (non-hydrogen) atoms. The first-order valence-corrected chi connectivity index (χ1v) is 4.73. The fourth-order valence-electron chi connectivity index (χ4n) is 0.937. The van der Waals surface area contributed by atoms with Crippen LogP contribution in [-0.4, -0.2) is 5.97 Å². The fraction of sp³-hybridized carbons (Fsp3) is 0.545. The number of carbonyl (C=O) groups is 1. The molecule has 0 rings (SSSR count). The van der Waals surface area contributed by atoms with Gasteiger partial charge in [-0.15, -0.1) is 0 Å². The summed E-state index contributed by atoms with van der Waals surface area (Å²) < 4.78 is 4.85. The van der Waals surface area contributed by atoms with Crippen molar-refractivity contribution in [1.29, 1.82) is 0 Å². The number of hydrogen-bond acceptors (Lipinski definition) is 2. The van der Waals surface area contributed by atoms with E-state index in [4.69, 9.17) is 4.74 Å². The number of esters is 1. The van der Waals surface area contributed by atoms with Gasteiger partial charge in [-0.05, 0) is 26.7 Å². The Labute approximate surface area is 80.3 Å². The topological polar surface area (TPSA) is 26.3 Å². The molecule has 0 atom stereocenters. The highest BCUT2D eigenvalue weighted by Gasteiger charge is 2.07. The highest BCUT2D eigenvalue weighted by atomic mass is 16.5. The zero-order chi connectivity index (χ0) is 10.1. The Morgan fingerprint density at radius 3 is 2.54 bits per heavy atom. The summed E-state index contributed by atoms with van der Waals surface area (Å²) >= 11 is 0. The van der Waals surface area contributed by atoms with E-state index in [0.717, 1.165) is 24.8 Å². The molecule has 0 aliphatic heterocycles. The van der Waals surface area contributed by atoms with Crippen molar-refractivity contribution in [3.63, 3.8) is 0 Å². The van der Waals surface area contributed by atoms with Crippen LogP contribution in [0.5, 0.6) is 0 Å². The predicted octanol–water partition coefficient (Wildman–Crippen LogP) is 3.20. The average molecular weight is 182 g/mol. The van der Waals surface area contributed by atoms with E-state index in [9.17, 15) is 4.79 Å². The summed E-state index contributed by atoms with van der Waals surface area (Å²) in [6, 6.07) is 0. The number of carbonyl (C=O) groups excluding carboxylic acids is 1. The normalized spacial score (nSPS) is 12.1. The molecule has 0 aliphatic rings. The maximum absolute atomic E-state index is 11.3. The molecule has 0 aliphatic carbocycles. The van der Waals surface area contributed by atoms with Gasteiger partial charge in [-0.25, -0.2) is 4.79 Å². The second kappa shape index (κ2) is 7.59. The quantitative estimate of drug-likeness (QED) is 0.371. The van der Waals surface area contributed by atoms with Gasteiger partial charge in [0.2, 0.25) is 0 Å². The lowest BCUT2D eigenvalue weighted by Crippen LogP contribution is -2.03. The van der Waals surface area contributed by atoms with Crippen LogP contribution in [-0.2, 0) is 9.53 Å². The fourth-order valence-corrected chi connectivity index (χ4v) is 0.937. The zero-order valence-electron chi connectivity index (χ0n) is 8.67. The van der Waals surface area contributed by atoms with Crippen LogP contribution in [0, 0.1) is 0 Å². The van der Waals surface area contributed by atoms with E-state index in [-0.39, 0.29) is 5.97 Å². The van der Waals surface area contributed by atoms with Gasteiger partial charge in [0.25, 0.3) is 0 Å². The minimum absolute atomic E-state index is 0.228. The van der Waals surface area contributed by atoms with Gasteiger partial charge in [0.05, 0.1) is 6.26 Å². The molecule has 0 saturated carbocycles. The van der Waals surface area contributed by atoms with E-state index in [1.165, 1.54) is 6.26 Å². The van der Waals surface area contributed by atoms with E-state index < -0.39 is 0 Å². The second-order valence-corrected chi connectivity index (χ2v) is 2.79. The van der Waals surface area contributed by atoms with E-state index >= 15 is 0 Å². The molecule has 0 bridgehead atoms. The summed E-state index contributed by atoms with van der Waals surface area (Å²) in [5.74, 6) is -0.228. The van der Waals surface area contributed by atoms with E-state index in [0.29, 0.717) is 0 Å². The van der Waals surface area contributed by atoms with Gasteiger partial charge in [-0.2, -0.15) is 0 Å². The highest BCUT2D eigenvalue weighted by molar-refractivity contribution is 5.88. The monoisotopic (exact) mass is 182 g/mol. The van der Waals surface area contributed by atoms with Crippen LogP contribution >= 0.6 is 0 Å². The first-order valence-electron chi connectivity index (χ1n) is 4.73. The molecule has 0 spiro atoms. The molecule has 74 valence electrons. The summed E-state index contributed by atoms with van der Waals surface area (Å²) in [5, 5.41) is 0. The van der Waals surface area contributed by atoms with Crippen molar-refractivity contribution in [2.75, 3.05) is 0 Å². The molecule has 0 heterocycles. The third kappa shape index (κ3) is 5.23. The van der Waals surface area contributed by atoms with Crippen LogP contribution < -0.4 is 0 Å². The molecular weight excluding hydrogens is 164 g/mol. The molecule has 0 aromatic carbocycles. The predicted molar refractivity (Wildman–Crippen MR) is 54.2 cm³/mol. The summed E-state index contributed by atoms with van der Waals surface area (Å²) in [6.07, 6.45) is 7.87. The third-order valence-corrected chi connectivity index (χ3v) is 1.72. The molecule has 0 aromatic rings. The van der Waals surface area contributed by atoms with Crippen molar-refractivity contribution in [3.8, 4) is 0 Å². The SMILES string of the molecule is CC=COC(=O)C(=CC)CCCC. The van der Waals surface area contributed by atoms with Crippen LogP contribution in [0.4, 0.5) is 0 Å². The molecule has 0 saturated heterocycles. The average Bonchev–Trinajstić information content (AvgIpc) is 2.16. The van der Waals surface area contributed by atoms with Crippen LogP contribution in [0.25, 0.3) is 0 Å². The summed E-state index contributed by atoms with van der Waals surface area (Å²) in [5.41, 5.74) is 0.764. The van der Waals surface area contributed by atoms with Crippen LogP contribution in [0.15, 0.2) is 24.0 Å². The van der Waals surface area contributed by atoms with Crippen molar-refractivity contribution < 1.29 is 9.53 Å². The molecule has 0 aromatic heterocycles. The summed E-state index contributed by atoms with van der Waals surface area (Å²) in [4.78, 5) is 11.3. The molecule has 0 amide bonds. The highest BCUT2D eigenvalue weighted by Crippen LogP contribution is 2.09. The first kappa shape index (κ1) is 11.9. The number of allylic oxidation sites excluding steroid dienone is 2. The lowest BCUT2D eigenvalue weighted by molar-refractivity contribution is -0.133. The Hall–Kier alpha value is -1.05. The Bertz CT molecular complexity index is 202. The minimum atomic E-state index is -0.228. The molecule has 2 heteroatoms. The lowest BCUT2D eigenvalue weighted by Gasteiger charge is -2.02. The van der Waals surface area contributed by atoms with Gasteiger partial charge in [-0.3, -0.25) is 0 Å². The van der Waals surface area contributed by atoms with Crippen LogP contribution in [0.3, 0.4) is 0 Å². The number of rotatable bonds is 5. The van der Waals surface area contributed by atoms with Crippen LogP contribution in [0.2, 0.25) is 0 Å². The molecule has 0 unspecified atom stereocenters. The van der Waals surface area contributed by atoms with Crippen molar-refractivity contribution >= 4 is 5.97 Å². The maximum atomic E-state index is 11.3. The number of unbranched alkanes of at least 4 members (excludes halogenated alkanes) is 1. The Kier molecular flexibility index (Phi) is 6.98. The van der Waals surface area contributed by atoms with Gasteiger partial charge < -0.3 is 4.74 Å². The van der Waals surface area contributed by atoms with Crippen molar-refractivity contribution in [3.05, 3.63) is 24.0 Å². The van der Waals surface area contributed by atoms with E-state index in [2.05, 4.69) is 6.92 Å². The van der Waals surface area contributed by atoms with Crippen molar-refractivity contribution in [2.24, 2.45) is 0 Å².